The van der Waals surface area contributed by atoms with E-state index in [0.29, 0.717) is 22.4 Å². The summed E-state index contributed by atoms with van der Waals surface area (Å²) in [5.74, 6) is 0.473. The average Bonchev–Trinajstić information content (AvgIpc) is 2.10. The van der Waals surface area contributed by atoms with Gasteiger partial charge in [-0.25, -0.2) is 0 Å². The lowest BCUT2D eigenvalue weighted by Gasteiger charge is -2.14. The molecule has 15 heavy (non-hydrogen) atoms. The quantitative estimate of drug-likeness (QED) is 0.854. The first-order valence-electron chi connectivity index (χ1n) is 5.11. The third kappa shape index (κ3) is 4.02. The van der Waals surface area contributed by atoms with Gasteiger partial charge in [0.15, 0.2) is 0 Å². The number of hydrogen-bond donors (Lipinski definition) is 1. The van der Waals surface area contributed by atoms with Crippen molar-refractivity contribution in [3.8, 4) is 0 Å². The molecule has 0 aliphatic rings. The molecule has 0 fully saturated rings. The van der Waals surface area contributed by atoms with Gasteiger partial charge in [0.1, 0.15) is 0 Å². The van der Waals surface area contributed by atoms with Crippen LogP contribution in [0.5, 0.6) is 0 Å². The highest BCUT2D eigenvalue weighted by Gasteiger charge is 2.12. The maximum absolute atomic E-state index is 9.80. The fourth-order valence-corrected chi connectivity index (χ4v) is 2.14. The molecule has 1 N–H and O–H groups in total. The molecule has 0 aliphatic heterocycles. The van der Waals surface area contributed by atoms with E-state index in [0.717, 1.165) is 12.0 Å². The van der Waals surface area contributed by atoms with Crippen molar-refractivity contribution >= 4 is 23.2 Å². The van der Waals surface area contributed by atoms with Crippen molar-refractivity contribution < 1.29 is 5.11 Å². The number of aliphatic hydroxyl groups is 1. The average molecular weight is 247 g/mol. The van der Waals surface area contributed by atoms with Crippen molar-refractivity contribution in [1.82, 2.24) is 0 Å². The van der Waals surface area contributed by atoms with E-state index in [1.54, 1.807) is 12.1 Å². The van der Waals surface area contributed by atoms with Gasteiger partial charge in [-0.05, 0) is 30.0 Å². The number of halogens is 2. The summed E-state index contributed by atoms with van der Waals surface area (Å²) in [6.07, 6.45) is 0.917. The Balaban J connectivity index is 2.71. The normalized spacial score (nSPS) is 13.2. The van der Waals surface area contributed by atoms with Crippen LogP contribution in [-0.4, -0.2) is 11.2 Å². The monoisotopic (exact) mass is 246 g/mol. The van der Waals surface area contributed by atoms with Crippen LogP contribution in [0, 0.1) is 5.92 Å². The highest BCUT2D eigenvalue weighted by atomic mass is 35.5. The Bertz CT molecular complexity index is 303. The van der Waals surface area contributed by atoms with Crippen LogP contribution in [-0.2, 0) is 6.42 Å². The second kappa shape index (κ2) is 5.74. The zero-order valence-electron chi connectivity index (χ0n) is 9.00. The van der Waals surface area contributed by atoms with Gasteiger partial charge in [-0.1, -0.05) is 43.1 Å². The summed E-state index contributed by atoms with van der Waals surface area (Å²) in [7, 11) is 0. The lowest BCUT2D eigenvalue weighted by Crippen LogP contribution is -2.13. The number of rotatable bonds is 4. The van der Waals surface area contributed by atoms with Crippen LogP contribution >= 0.6 is 23.2 Å². The van der Waals surface area contributed by atoms with E-state index in [9.17, 15) is 5.11 Å². The molecule has 1 nitrogen and oxygen atoms in total. The molecule has 84 valence electrons. The number of hydrogen-bond acceptors (Lipinski definition) is 1. The number of benzene rings is 1. The molecule has 1 aromatic carbocycles. The SMILES string of the molecule is CC(C)CC(O)Cc1c(Cl)cccc1Cl. The topological polar surface area (TPSA) is 20.2 Å². The summed E-state index contributed by atoms with van der Waals surface area (Å²) in [5.41, 5.74) is 0.842. The second-order valence-electron chi connectivity index (χ2n) is 4.19. The van der Waals surface area contributed by atoms with Crippen LogP contribution in [0.1, 0.15) is 25.8 Å². The molecule has 1 aromatic rings. The van der Waals surface area contributed by atoms with E-state index >= 15 is 0 Å². The van der Waals surface area contributed by atoms with Crippen LogP contribution in [0.25, 0.3) is 0 Å². The zero-order chi connectivity index (χ0) is 11.4. The molecule has 0 aliphatic carbocycles. The van der Waals surface area contributed by atoms with Crippen LogP contribution in [0.3, 0.4) is 0 Å². The molecule has 0 bridgehead atoms. The van der Waals surface area contributed by atoms with E-state index in [1.807, 2.05) is 6.07 Å². The van der Waals surface area contributed by atoms with Gasteiger partial charge in [0.25, 0.3) is 0 Å². The van der Waals surface area contributed by atoms with E-state index in [2.05, 4.69) is 13.8 Å². The Hall–Kier alpha value is -0.240. The molecular weight excluding hydrogens is 231 g/mol. The fraction of sp³-hybridized carbons (Fsp3) is 0.500. The maximum Gasteiger partial charge on any atom is 0.0584 e. The van der Waals surface area contributed by atoms with Crippen molar-refractivity contribution in [2.24, 2.45) is 5.92 Å². The molecule has 3 heteroatoms. The van der Waals surface area contributed by atoms with Crippen molar-refractivity contribution in [2.75, 3.05) is 0 Å². The smallest absolute Gasteiger partial charge is 0.0584 e. The molecule has 0 aromatic heterocycles. The minimum absolute atomic E-state index is 0.373. The molecule has 0 saturated carbocycles. The van der Waals surface area contributed by atoms with Gasteiger partial charge in [-0.3, -0.25) is 0 Å². The van der Waals surface area contributed by atoms with E-state index < -0.39 is 0 Å². The summed E-state index contributed by atoms with van der Waals surface area (Å²) in [5, 5.41) is 11.1. The predicted molar refractivity (Wildman–Crippen MR) is 65.6 cm³/mol. The molecular formula is C12H16Cl2O. The summed E-state index contributed by atoms with van der Waals surface area (Å²) in [6.45, 7) is 4.16. The molecule has 0 amide bonds. The first kappa shape index (κ1) is 12.8. The van der Waals surface area contributed by atoms with Gasteiger partial charge >= 0.3 is 0 Å². The standard InChI is InChI=1S/C12H16Cl2O/c1-8(2)6-9(15)7-10-11(13)4-3-5-12(10)14/h3-5,8-9,15H,6-7H2,1-2H3. The Morgan fingerprint density at radius 1 is 1.20 bits per heavy atom. The minimum Gasteiger partial charge on any atom is -0.393 e. The van der Waals surface area contributed by atoms with Crippen LogP contribution < -0.4 is 0 Å². The van der Waals surface area contributed by atoms with Crippen LogP contribution in [0.15, 0.2) is 18.2 Å². The third-order valence-electron chi connectivity index (χ3n) is 2.24. The Kier molecular flexibility index (Phi) is 4.91. The van der Waals surface area contributed by atoms with Crippen LogP contribution in [0.4, 0.5) is 0 Å². The van der Waals surface area contributed by atoms with Gasteiger partial charge in [0, 0.05) is 16.5 Å². The molecule has 0 radical (unpaired) electrons. The molecule has 1 unspecified atom stereocenters. The first-order valence-corrected chi connectivity index (χ1v) is 5.87. The van der Waals surface area contributed by atoms with Gasteiger partial charge in [0.05, 0.1) is 6.10 Å². The minimum atomic E-state index is -0.373. The van der Waals surface area contributed by atoms with Gasteiger partial charge in [-0.2, -0.15) is 0 Å². The summed E-state index contributed by atoms with van der Waals surface area (Å²) < 4.78 is 0. The van der Waals surface area contributed by atoms with E-state index in [1.165, 1.54) is 0 Å². The Morgan fingerprint density at radius 2 is 1.73 bits per heavy atom. The maximum atomic E-state index is 9.80. The fourth-order valence-electron chi connectivity index (χ4n) is 1.59. The highest BCUT2D eigenvalue weighted by molar-refractivity contribution is 6.35. The highest BCUT2D eigenvalue weighted by Crippen LogP contribution is 2.26. The van der Waals surface area contributed by atoms with E-state index in [4.69, 9.17) is 23.2 Å². The largest absolute Gasteiger partial charge is 0.393 e. The van der Waals surface area contributed by atoms with Crippen LogP contribution in [0.2, 0.25) is 10.0 Å². The summed E-state index contributed by atoms with van der Waals surface area (Å²) >= 11 is 12.0. The van der Waals surface area contributed by atoms with Crippen molar-refractivity contribution in [1.29, 1.82) is 0 Å². The van der Waals surface area contributed by atoms with Crippen molar-refractivity contribution in [3.05, 3.63) is 33.8 Å². The lowest BCUT2D eigenvalue weighted by atomic mass is 10.00. The first-order chi connectivity index (χ1) is 7.00. The molecule has 0 saturated heterocycles. The summed E-state index contributed by atoms with van der Waals surface area (Å²) in [6, 6.07) is 5.40. The number of aliphatic hydroxyl groups excluding tert-OH is 1. The van der Waals surface area contributed by atoms with E-state index in [-0.39, 0.29) is 6.10 Å². The zero-order valence-corrected chi connectivity index (χ0v) is 10.5. The Morgan fingerprint density at radius 3 is 2.20 bits per heavy atom. The second-order valence-corrected chi connectivity index (χ2v) is 5.00. The lowest BCUT2D eigenvalue weighted by molar-refractivity contribution is 0.149. The molecule has 0 spiro atoms. The predicted octanol–water partition coefficient (Wildman–Crippen LogP) is 3.94. The third-order valence-corrected chi connectivity index (χ3v) is 2.95. The van der Waals surface area contributed by atoms with Crippen molar-refractivity contribution in [3.63, 3.8) is 0 Å². The molecule has 0 heterocycles. The summed E-state index contributed by atoms with van der Waals surface area (Å²) in [4.78, 5) is 0. The van der Waals surface area contributed by atoms with Gasteiger partial charge in [-0.15, -0.1) is 0 Å². The van der Waals surface area contributed by atoms with Crippen molar-refractivity contribution in [2.45, 2.75) is 32.8 Å². The molecule has 1 atom stereocenters. The molecule has 1 rings (SSSR count). The van der Waals surface area contributed by atoms with Gasteiger partial charge < -0.3 is 5.11 Å². The van der Waals surface area contributed by atoms with Gasteiger partial charge in [0.2, 0.25) is 0 Å². The Labute approximate surface area is 101 Å².